The molecule has 3 rings (SSSR count). The molecule has 1 N–H and O–H groups in total. The third-order valence-corrected chi connectivity index (χ3v) is 4.94. The first-order valence-electron chi connectivity index (χ1n) is 8.16. The predicted molar refractivity (Wildman–Crippen MR) is 81.4 cm³/mol. The van der Waals surface area contributed by atoms with E-state index in [1.54, 1.807) is 0 Å². The Bertz CT molecular complexity index is 481. The van der Waals surface area contributed by atoms with E-state index in [9.17, 15) is 8.78 Å². The van der Waals surface area contributed by atoms with Gasteiger partial charge in [-0.1, -0.05) is 13.3 Å². The molecule has 1 heterocycles. The van der Waals surface area contributed by atoms with Crippen molar-refractivity contribution in [1.82, 2.24) is 5.32 Å². The van der Waals surface area contributed by atoms with Gasteiger partial charge in [-0.2, -0.15) is 0 Å². The van der Waals surface area contributed by atoms with Gasteiger partial charge in [-0.05, 0) is 55.8 Å². The normalized spacial score (nSPS) is 25.2. The molecule has 4 heteroatoms. The average molecular weight is 294 g/mol. The Morgan fingerprint density at radius 1 is 1.14 bits per heavy atom. The van der Waals surface area contributed by atoms with Crippen LogP contribution in [0.4, 0.5) is 14.5 Å². The van der Waals surface area contributed by atoms with E-state index in [0.717, 1.165) is 25.9 Å². The van der Waals surface area contributed by atoms with Crippen molar-refractivity contribution in [3.63, 3.8) is 0 Å². The van der Waals surface area contributed by atoms with Gasteiger partial charge in [0.25, 0.3) is 0 Å². The lowest BCUT2D eigenvalue weighted by molar-refractivity contribution is 0.356. The molecule has 1 aromatic rings. The highest BCUT2D eigenvalue weighted by atomic mass is 19.1. The molecule has 1 aliphatic heterocycles. The van der Waals surface area contributed by atoms with Crippen LogP contribution in [0.2, 0.25) is 0 Å². The molecule has 0 radical (unpaired) electrons. The van der Waals surface area contributed by atoms with Crippen molar-refractivity contribution < 1.29 is 8.78 Å². The van der Waals surface area contributed by atoms with Gasteiger partial charge >= 0.3 is 0 Å². The van der Waals surface area contributed by atoms with Gasteiger partial charge in [0.2, 0.25) is 0 Å². The quantitative estimate of drug-likeness (QED) is 0.907. The van der Waals surface area contributed by atoms with Gasteiger partial charge in [-0.3, -0.25) is 0 Å². The minimum Gasteiger partial charge on any atom is -0.364 e. The first kappa shape index (κ1) is 14.8. The highest BCUT2D eigenvalue weighted by molar-refractivity contribution is 5.52. The van der Waals surface area contributed by atoms with Crippen LogP contribution in [0.15, 0.2) is 12.1 Å². The first-order chi connectivity index (χ1) is 10.2. The number of nitrogens with one attached hydrogen (secondary N) is 1. The van der Waals surface area contributed by atoms with Gasteiger partial charge in [0, 0.05) is 19.1 Å². The fraction of sp³-hybridized carbons (Fsp3) is 0.647. The number of hydrogen-bond acceptors (Lipinski definition) is 2. The Morgan fingerprint density at radius 3 is 2.57 bits per heavy atom. The standard InChI is InChI=1S/C17H24F2N2/c1-2-20-11-12-9-14(18)17(15(19)10-12)21-8-4-6-13-5-3-7-16(13)21/h9-10,13,16,20H,2-8,11H2,1H3. The molecule has 2 aliphatic rings. The number of nitrogens with zero attached hydrogens (tertiary/aromatic N) is 1. The molecule has 0 amide bonds. The molecule has 1 saturated carbocycles. The topological polar surface area (TPSA) is 15.3 Å². The maximum Gasteiger partial charge on any atom is 0.149 e. The van der Waals surface area contributed by atoms with E-state index < -0.39 is 11.6 Å². The Kier molecular flexibility index (Phi) is 4.43. The largest absolute Gasteiger partial charge is 0.364 e. The summed E-state index contributed by atoms with van der Waals surface area (Å²) in [5, 5.41) is 3.11. The van der Waals surface area contributed by atoms with Crippen LogP contribution in [-0.2, 0) is 6.54 Å². The molecule has 21 heavy (non-hydrogen) atoms. The molecule has 0 spiro atoms. The lowest BCUT2D eigenvalue weighted by Crippen LogP contribution is -2.43. The SMILES string of the molecule is CCNCc1cc(F)c(N2CCCC3CCCC32)c(F)c1. The van der Waals surface area contributed by atoms with E-state index in [1.165, 1.54) is 31.4 Å². The zero-order valence-electron chi connectivity index (χ0n) is 12.7. The summed E-state index contributed by atoms with van der Waals surface area (Å²) in [7, 11) is 0. The molecular formula is C17H24F2N2. The molecule has 0 aromatic heterocycles. The van der Waals surface area contributed by atoms with E-state index in [-0.39, 0.29) is 5.69 Å². The Hall–Kier alpha value is -1.16. The summed E-state index contributed by atoms with van der Waals surface area (Å²) in [5.74, 6) is -0.190. The number of hydrogen-bond donors (Lipinski definition) is 1. The predicted octanol–water partition coefficient (Wildman–Crippen LogP) is 3.84. The third-order valence-electron chi connectivity index (χ3n) is 4.94. The summed E-state index contributed by atoms with van der Waals surface area (Å²) in [6.45, 7) is 4.06. The number of anilines is 1. The number of rotatable bonds is 4. The van der Waals surface area contributed by atoms with Crippen LogP contribution in [0.25, 0.3) is 0 Å². The highest BCUT2D eigenvalue weighted by Crippen LogP contribution is 2.40. The zero-order chi connectivity index (χ0) is 14.8. The highest BCUT2D eigenvalue weighted by Gasteiger charge is 2.37. The van der Waals surface area contributed by atoms with E-state index >= 15 is 0 Å². The third kappa shape index (κ3) is 2.91. The van der Waals surface area contributed by atoms with Crippen LogP contribution in [0.5, 0.6) is 0 Å². The lowest BCUT2D eigenvalue weighted by atomic mass is 9.91. The van der Waals surface area contributed by atoms with E-state index in [0.29, 0.717) is 24.1 Å². The summed E-state index contributed by atoms with van der Waals surface area (Å²) < 4.78 is 28.9. The smallest absolute Gasteiger partial charge is 0.149 e. The molecular weight excluding hydrogens is 270 g/mol. The van der Waals surface area contributed by atoms with Crippen LogP contribution < -0.4 is 10.2 Å². The Balaban J connectivity index is 1.87. The van der Waals surface area contributed by atoms with Crippen LogP contribution in [0, 0.1) is 17.6 Å². The summed E-state index contributed by atoms with van der Waals surface area (Å²) in [6.07, 6.45) is 5.72. The maximum absolute atomic E-state index is 14.5. The second-order valence-corrected chi connectivity index (χ2v) is 6.28. The molecule has 2 atom stereocenters. The number of fused-ring (bicyclic) bond motifs is 1. The summed E-state index contributed by atoms with van der Waals surface area (Å²) in [5.41, 5.74) is 0.877. The van der Waals surface area contributed by atoms with Crippen LogP contribution >= 0.6 is 0 Å². The maximum atomic E-state index is 14.5. The molecule has 1 aromatic carbocycles. The zero-order valence-corrected chi connectivity index (χ0v) is 12.7. The number of halogens is 2. The Labute approximate surface area is 125 Å². The van der Waals surface area contributed by atoms with Crippen LogP contribution in [0.1, 0.15) is 44.6 Å². The second-order valence-electron chi connectivity index (χ2n) is 6.28. The van der Waals surface area contributed by atoms with E-state index in [1.807, 2.05) is 11.8 Å². The van der Waals surface area contributed by atoms with Gasteiger partial charge in [0.1, 0.15) is 17.3 Å². The van der Waals surface area contributed by atoms with Gasteiger partial charge in [0.05, 0.1) is 0 Å². The van der Waals surface area contributed by atoms with Crippen molar-refractivity contribution in [2.24, 2.45) is 5.92 Å². The van der Waals surface area contributed by atoms with Gasteiger partial charge < -0.3 is 10.2 Å². The molecule has 2 unspecified atom stereocenters. The molecule has 0 bridgehead atoms. The van der Waals surface area contributed by atoms with E-state index in [2.05, 4.69) is 5.32 Å². The van der Waals surface area contributed by atoms with Crippen LogP contribution in [0.3, 0.4) is 0 Å². The average Bonchev–Trinajstić information content (AvgIpc) is 2.93. The van der Waals surface area contributed by atoms with E-state index in [4.69, 9.17) is 0 Å². The van der Waals surface area contributed by atoms with Gasteiger partial charge in [0.15, 0.2) is 0 Å². The minimum atomic E-state index is -0.407. The lowest BCUT2D eigenvalue weighted by Gasteiger charge is -2.39. The molecule has 2 fully saturated rings. The van der Waals surface area contributed by atoms with Crippen molar-refractivity contribution in [3.05, 3.63) is 29.3 Å². The molecule has 1 saturated heterocycles. The van der Waals surface area contributed by atoms with Gasteiger partial charge in [-0.25, -0.2) is 8.78 Å². The van der Waals surface area contributed by atoms with Crippen molar-refractivity contribution in [2.45, 2.75) is 51.6 Å². The molecule has 2 nitrogen and oxygen atoms in total. The van der Waals surface area contributed by atoms with Gasteiger partial charge in [-0.15, -0.1) is 0 Å². The van der Waals surface area contributed by atoms with Crippen LogP contribution in [-0.4, -0.2) is 19.1 Å². The van der Waals surface area contributed by atoms with Crippen molar-refractivity contribution in [2.75, 3.05) is 18.0 Å². The molecule has 116 valence electrons. The molecule has 1 aliphatic carbocycles. The summed E-state index contributed by atoms with van der Waals surface area (Å²) >= 11 is 0. The number of benzene rings is 1. The fourth-order valence-corrected chi connectivity index (χ4v) is 4.00. The monoisotopic (exact) mass is 294 g/mol. The number of piperidine rings is 1. The summed E-state index contributed by atoms with van der Waals surface area (Å²) in [4.78, 5) is 2.00. The summed E-state index contributed by atoms with van der Waals surface area (Å²) in [6, 6.07) is 3.31. The van der Waals surface area contributed by atoms with Crippen molar-refractivity contribution in [3.8, 4) is 0 Å². The second kappa shape index (κ2) is 6.30. The van der Waals surface area contributed by atoms with Crippen molar-refractivity contribution in [1.29, 1.82) is 0 Å². The Morgan fingerprint density at radius 2 is 1.86 bits per heavy atom. The first-order valence-corrected chi connectivity index (χ1v) is 8.16. The minimum absolute atomic E-state index is 0.201. The fourth-order valence-electron chi connectivity index (χ4n) is 4.00. The van der Waals surface area contributed by atoms with Crippen molar-refractivity contribution >= 4 is 5.69 Å².